The number of sulfonamides is 1. The Morgan fingerprint density at radius 3 is 2.50 bits per heavy atom. The Balaban J connectivity index is 1.86. The number of nitrogens with zero attached hydrogens (tertiary/aromatic N) is 3. The summed E-state index contributed by atoms with van der Waals surface area (Å²) in [5, 5.41) is 4.41. The van der Waals surface area contributed by atoms with Crippen molar-refractivity contribution >= 4 is 37.9 Å². The second-order valence-corrected chi connectivity index (χ2v) is 10.2. The minimum Gasteiger partial charge on any atom is -0.444 e. The molecule has 152 valence electrons. The highest BCUT2D eigenvalue weighted by Crippen LogP contribution is 2.29. The van der Waals surface area contributed by atoms with Crippen molar-refractivity contribution in [2.45, 2.75) is 44.2 Å². The zero-order valence-electron chi connectivity index (χ0n) is 16.2. The second kappa shape index (κ2) is 7.40. The van der Waals surface area contributed by atoms with Gasteiger partial charge < -0.3 is 9.64 Å². The van der Waals surface area contributed by atoms with E-state index in [4.69, 9.17) is 4.74 Å². The van der Waals surface area contributed by atoms with Gasteiger partial charge >= 0.3 is 6.09 Å². The SMILES string of the molecule is Cn1nc2c(c1NS(=O)(=O)c1ccc(Br)cc1)CN(C(=O)OC(C)(C)C)CC2. The number of carbonyl (C=O) groups is 1. The number of hydrogen-bond donors (Lipinski definition) is 1. The number of aryl methyl sites for hydroxylation is 1. The molecule has 2 aromatic rings. The zero-order valence-corrected chi connectivity index (χ0v) is 18.6. The van der Waals surface area contributed by atoms with Crippen LogP contribution in [0.5, 0.6) is 0 Å². The normalized spacial score (nSPS) is 14.5. The van der Waals surface area contributed by atoms with E-state index in [0.717, 1.165) is 10.2 Å². The van der Waals surface area contributed by atoms with Crippen LogP contribution in [0.1, 0.15) is 32.0 Å². The van der Waals surface area contributed by atoms with E-state index in [1.54, 1.807) is 24.1 Å². The molecule has 2 heterocycles. The van der Waals surface area contributed by atoms with Gasteiger partial charge in [-0.05, 0) is 45.0 Å². The van der Waals surface area contributed by atoms with Gasteiger partial charge in [0, 0.05) is 30.0 Å². The molecule has 1 N–H and O–H groups in total. The second-order valence-electron chi connectivity index (χ2n) is 7.61. The largest absolute Gasteiger partial charge is 0.444 e. The monoisotopic (exact) mass is 470 g/mol. The predicted octanol–water partition coefficient (Wildman–Crippen LogP) is 3.28. The summed E-state index contributed by atoms with van der Waals surface area (Å²) in [5.74, 6) is 0.353. The maximum absolute atomic E-state index is 12.8. The first-order valence-electron chi connectivity index (χ1n) is 8.77. The van der Waals surface area contributed by atoms with Crippen molar-refractivity contribution in [2.24, 2.45) is 7.05 Å². The summed E-state index contributed by atoms with van der Waals surface area (Å²) < 4.78 is 35.9. The first kappa shape index (κ1) is 20.7. The van der Waals surface area contributed by atoms with Crippen LogP contribution in [0.4, 0.5) is 10.6 Å². The number of hydrogen-bond acceptors (Lipinski definition) is 5. The summed E-state index contributed by atoms with van der Waals surface area (Å²) in [7, 11) is -2.11. The highest BCUT2D eigenvalue weighted by molar-refractivity contribution is 9.10. The van der Waals surface area contributed by atoms with Crippen LogP contribution in [-0.4, -0.2) is 41.3 Å². The Kier molecular flexibility index (Phi) is 5.46. The molecule has 0 fully saturated rings. The van der Waals surface area contributed by atoms with Crippen LogP contribution < -0.4 is 4.72 Å². The van der Waals surface area contributed by atoms with Gasteiger partial charge in [0.05, 0.1) is 17.1 Å². The predicted molar refractivity (Wildman–Crippen MR) is 109 cm³/mol. The van der Waals surface area contributed by atoms with Gasteiger partial charge in [-0.3, -0.25) is 9.40 Å². The maximum Gasteiger partial charge on any atom is 0.410 e. The van der Waals surface area contributed by atoms with Gasteiger partial charge in [-0.15, -0.1) is 0 Å². The standard InChI is InChI=1S/C18H23BrN4O4S/c1-18(2,3)27-17(24)23-10-9-15-14(11-23)16(22(4)20-15)21-28(25,26)13-7-5-12(19)6-8-13/h5-8,21H,9-11H2,1-4H3. The minimum absolute atomic E-state index is 0.144. The van der Waals surface area contributed by atoms with E-state index >= 15 is 0 Å². The van der Waals surface area contributed by atoms with Crippen molar-refractivity contribution in [2.75, 3.05) is 11.3 Å². The maximum atomic E-state index is 12.8. The van der Waals surface area contributed by atoms with E-state index < -0.39 is 21.7 Å². The molecule has 1 amide bonds. The average Bonchev–Trinajstić information content (AvgIpc) is 2.88. The first-order chi connectivity index (χ1) is 13.0. The van der Waals surface area contributed by atoms with E-state index in [2.05, 4.69) is 25.8 Å². The van der Waals surface area contributed by atoms with Crippen molar-refractivity contribution in [1.82, 2.24) is 14.7 Å². The molecule has 0 atom stereocenters. The fourth-order valence-electron chi connectivity index (χ4n) is 2.91. The molecule has 0 saturated heterocycles. The van der Waals surface area contributed by atoms with Crippen molar-refractivity contribution in [3.05, 3.63) is 40.0 Å². The van der Waals surface area contributed by atoms with E-state index in [-0.39, 0.29) is 11.4 Å². The molecule has 1 aliphatic heterocycles. The van der Waals surface area contributed by atoms with Crippen LogP contribution in [0.25, 0.3) is 0 Å². The molecule has 0 saturated carbocycles. The van der Waals surface area contributed by atoms with Gasteiger partial charge in [-0.25, -0.2) is 13.2 Å². The molecule has 10 heteroatoms. The lowest BCUT2D eigenvalue weighted by Gasteiger charge is -2.29. The highest BCUT2D eigenvalue weighted by Gasteiger charge is 2.31. The molecule has 1 aromatic heterocycles. The lowest BCUT2D eigenvalue weighted by atomic mass is 10.1. The lowest BCUT2D eigenvalue weighted by Crippen LogP contribution is -2.40. The summed E-state index contributed by atoms with van der Waals surface area (Å²) in [6, 6.07) is 6.36. The average molecular weight is 471 g/mol. The molecular weight excluding hydrogens is 448 g/mol. The molecule has 0 bridgehead atoms. The van der Waals surface area contributed by atoms with Crippen molar-refractivity contribution in [1.29, 1.82) is 0 Å². The van der Waals surface area contributed by atoms with E-state index in [9.17, 15) is 13.2 Å². The van der Waals surface area contributed by atoms with E-state index in [1.807, 2.05) is 20.8 Å². The highest BCUT2D eigenvalue weighted by atomic mass is 79.9. The fourth-order valence-corrected chi connectivity index (χ4v) is 4.30. The molecule has 0 aliphatic carbocycles. The molecule has 0 spiro atoms. The van der Waals surface area contributed by atoms with Crippen molar-refractivity contribution in [3.8, 4) is 0 Å². The summed E-state index contributed by atoms with van der Waals surface area (Å²) in [6.45, 7) is 6.13. The molecule has 1 aromatic carbocycles. The molecule has 1 aliphatic rings. The Hall–Kier alpha value is -2.07. The number of halogens is 1. The summed E-state index contributed by atoms with van der Waals surface area (Å²) in [5.41, 5.74) is 0.856. The number of carbonyl (C=O) groups excluding carboxylic acids is 1. The Morgan fingerprint density at radius 1 is 1.25 bits per heavy atom. The number of amides is 1. The number of aromatic nitrogens is 2. The van der Waals surface area contributed by atoms with Crippen LogP contribution in [0, 0.1) is 0 Å². The van der Waals surface area contributed by atoms with Gasteiger partial charge in [0.15, 0.2) is 0 Å². The van der Waals surface area contributed by atoms with Crippen LogP contribution >= 0.6 is 15.9 Å². The van der Waals surface area contributed by atoms with Crippen LogP contribution in [-0.2, 0) is 34.8 Å². The van der Waals surface area contributed by atoms with Crippen LogP contribution in [0.2, 0.25) is 0 Å². The molecule has 3 rings (SSSR count). The molecular formula is C18H23BrN4O4S. The molecule has 0 radical (unpaired) electrons. The van der Waals surface area contributed by atoms with Gasteiger partial charge in [0.1, 0.15) is 11.4 Å². The van der Waals surface area contributed by atoms with E-state index in [0.29, 0.717) is 24.3 Å². The van der Waals surface area contributed by atoms with Crippen LogP contribution in [0.15, 0.2) is 33.6 Å². The number of benzene rings is 1. The summed E-state index contributed by atoms with van der Waals surface area (Å²) >= 11 is 3.30. The van der Waals surface area contributed by atoms with Gasteiger partial charge in [0.25, 0.3) is 10.0 Å². The molecule has 0 unspecified atom stereocenters. The van der Waals surface area contributed by atoms with Gasteiger partial charge in [-0.1, -0.05) is 15.9 Å². The quantitative estimate of drug-likeness (QED) is 0.742. The number of rotatable bonds is 3. The number of fused-ring (bicyclic) bond motifs is 1. The molecule has 28 heavy (non-hydrogen) atoms. The zero-order chi connectivity index (χ0) is 20.7. The summed E-state index contributed by atoms with van der Waals surface area (Å²) in [4.78, 5) is 14.1. The number of nitrogens with one attached hydrogen (secondary N) is 1. The van der Waals surface area contributed by atoms with Crippen molar-refractivity contribution in [3.63, 3.8) is 0 Å². The fraction of sp³-hybridized carbons (Fsp3) is 0.444. The first-order valence-corrected chi connectivity index (χ1v) is 11.0. The van der Waals surface area contributed by atoms with Crippen LogP contribution in [0.3, 0.4) is 0 Å². The Labute approximate surface area is 173 Å². The topological polar surface area (TPSA) is 93.5 Å². The van der Waals surface area contributed by atoms with Gasteiger partial charge in [0.2, 0.25) is 0 Å². The van der Waals surface area contributed by atoms with Crippen molar-refractivity contribution < 1.29 is 17.9 Å². The smallest absolute Gasteiger partial charge is 0.410 e. The molecule has 8 nitrogen and oxygen atoms in total. The Morgan fingerprint density at radius 2 is 1.89 bits per heavy atom. The third-order valence-corrected chi connectivity index (χ3v) is 6.09. The lowest BCUT2D eigenvalue weighted by molar-refractivity contribution is 0.0224. The third kappa shape index (κ3) is 4.49. The van der Waals surface area contributed by atoms with E-state index in [1.165, 1.54) is 16.8 Å². The summed E-state index contributed by atoms with van der Waals surface area (Å²) in [6.07, 6.45) is 0.103. The minimum atomic E-state index is -3.79. The Bertz CT molecular complexity index is 994. The number of ether oxygens (including phenoxy) is 1. The third-order valence-electron chi connectivity index (χ3n) is 4.20. The number of anilines is 1. The van der Waals surface area contributed by atoms with Gasteiger partial charge in [-0.2, -0.15) is 5.10 Å².